The quantitative estimate of drug-likeness (QED) is 0.730. The SMILES string of the molecule is COc1ccc(C)cc1NC(=O)CC(c1ccccc1)c1nnc(C)o1. The molecule has 0 saturated carbocycles. The second-order valence-electron chi connectivity index (χ2n) is 6.08. The third-order valence-electron chi connectivity index (χ3n) is 4.06. The lowest BCUT2D eigenvalue weighted by Gasteiger charge is -2.15. The standard InChI is InChI=1S/C20H21N3O3/c1-13-9-10-18(25-3)17(11-13)21-19(24)12-16(15-7-5-4-6-8-15)20-23-22-14(2)26-20/h4-11,16H,12H2,1-3H3,(H,21,24). The summed E-state index contributed by atoms with van der Waals surface area (Å²) < 4.78 is 10.9. The Morgan fingerprint density at radius 2 is 1.92 bits per heavy atom. The summed E-state index contributed by atoms with van der Waals surface area (Å²) in [6, 6.07) is 15.3. The smallest absolute Gasteiger partial charge is 0.225 e. The number of nitrogens with zero attached hydrogens (tertiary/aromatic N) is 2. The third-order valence-corrected chi connectivity index (χ3v) is 4.06. The predicted molar refractivity (Wildman–Crippen MR) is 98.3 cm³/mol. The number of ether oxygens (including phenoxy) is 1. The van der Waals surface area contributed by atoms with Crippen molar-refractivity contribution >= 4 is 11.6 Å². The molecule has 6 nitrogen and oxygen atoms in total. The molecule has 0 aliphatic rings. The Kier molecular flexibility index (Phi) is 5.31. The van der Waals surface area contributed by atoms with Gasteiger partial charge in [-0.3, -0.25) is 4.79 Å². The Morgan fingerprint density at radius 3 is 2.58 bits per heavy atom. The Hall–Kier alpha value is -3.15. The number of rotatable bonds is 6. The first-order chi connectivity index (χ1) is 12.6. The van der Waals surface area contributed by atoms with Crippen molar-refractivity contribution in [3.63, 3.8) is 0 Å². The summed E-state index contributed by atoms with van der Waals surface area (Å²) in [6.45, 7) is 3.69. The molecule has 6 heteroatoms. The molecule has 0 aliphatic heterocycles. The number of methoxy groups -OCH3 is 1. The van der Waals surface area contributed by atoms with Crippen LogP contribution in [0.5, 0.6) is 5.75 Å². The first-order valence-corrected chi connectivity index (χ1v) is 8.36. The number of nitrogens with one attached hydrogen (secondary N) is 1. The zero-order valence-electron chi connectivity index (χ0n) is 15.0. The first kappa shape index (κ1) is 17.7. The van der Waals surface area contributed by atoms with Crippen LogP contribution in [0.4, 0.5) is 5.69 Å². The molecular weight excluding hydrogens is 330 g/mol. The van der Waals surface area contributed by atoms with E-state index in [1.807, 2.05) is 55.5 Å². The van der Waals surface area contributed by atoms with Crippen molar-refractivity contribution < 1.29 is 13.9 Å². The van der Waals surface area contributed by atoms with Gasteiger partial charge in [0, 0.05) is 13.3 Å². The van der Waals surface area contributed by atoms with Crippen molar-refractivity contribution in [1.29, 1.82) is 0 Å². The van der Waals surface area contributed by atoms with Gasteiger partial charge in [-0.05, 0) is 30.2 Å². The summed E-state index contributed by atoms with van der Waals surface area (Å²) in [6.07, 6.45) is 0.183. The molecule has 3 rings (SSSR count). The number of anilines is 1. The number of carbonyl (C=O) groups excluding carboxylic acids is 1. The summed E-state index contributed by atoms with van der Waals surface area (Å²) >= 11 is 0. The molecule has 2 aromatic carbocycles. The zero-order chi connectivity index (χ0) is 18.5. The van der Waals surface area contributed by atoms with Crippen LogP contribution in [0.25, 0.3) is 0 Å². The van der Waals surface area contributed by atoms with Crippen LogP contribution in [0.15, 0.2) is 52.9 Å². The van der Waals surface area contributed by atoms with E-state index in [0.29, 0.717) is 23.2 Å². The Morgan fingerprint density at radius 1 is 1.15 bits per heavy atom. The molecule has 0 radical (unpaired) electrons. The number of hydrogen-bond acceptors (Lipinski definition) is 5. The molecule has 0 fully saturated rings. The van der Waals surface area contributed by atoms with Crippen molar-refractivity contribution in [2.45, 2.75) is 26.2 Å². The van der Waals surface area contributed by atoms with Gasteiger partial charge < -0.3 is 14.5 Å². The summed E-state index contributed by atoms with van der Waals surface area (Å²) in [4.78, 5) is 12.7. The molecule has 0 spiro atoms. The van der Waals surface area contributed by atoms with Crippen LogP contribution >= 0.6 is 0 Å². The molecule has 1 atom stereocenters. The van der Waals surface area contributed by atoms with Gasteiger partial charge in [0.1, 0.15) is 5.75 Å². The second kappa shape index (κ2) is 7.82. The lowest BCUT2D eigenvalue weighted by atomic mass is 9.95. The fraction of sp³-hybridized carbons (Fsp3) is 0.250. The molecular formula is C20H21N3O3. The van der Waals surface area contributed by atoms with Gasteiger partial charge in [-0.15, -0.1) is 10.2 Å². The van der Waals surface area contributed by atoms with E-state index in [1.165, 1.54) is 0 Å². The predicted octanol–water partition coefficient (Wildman–Crippen LogP) is 3.86. The first-order valence-electron chi connectivity index (χ1n) is 8.36. The average Bonchev–Trinajstić information content (AvgIpc) is 3.07. The maximum absolute atomic E-state index is 12.7. The fourth-order valence-corrected chi connectivity index (χ4v) is 2.79. The second-order valence-corrected chi connectivity index (χ2v) is 6.08. The van der Waals surface area contributed by atoms with Crippen LogP contribution in [0, 0.1) is 13.8 Å². The minimum absolute atomic E-state index is 0.154. The summed E-state index contributed by atoms with van der Waals surface area (Å²) in [5, 5.41) is 10.9. The molecule has 0 aliphatic carbocycles. The average molecular weight is 351 g/mol. The third kappa shape index (κ3) is 4.08. The number of benzene rings is 2. The normalized spacial score (nSPS) is 11.8. The molecule has 3 aromatic rings. The lowest BCUT2D eigenvalue weighted by Crippen LogP contribution is -2.17. The molecule has 0 saturated heterocycles. The van der Waals surface area contributed by atoms with Crippen molar-refractivity contribution in [1.82, 2.24) is 10.2 Å². The van der Waals surface area contributed by atoms with E-state index < -0.39 is 0 Å². The molecule has 0 bridgehead atoms. The summed E-state index contributed by atoms with van der Waals surface area (Å²) in [7, 11) is 1.58. The molecule has 134 valence electrons. The van der Waals surface area contributed by atoms with Gasteiger partial charge in [0.15, 0.2) is 0 Å². The van der Waals surface area contributed by atoms with Crippen LogP contribution in [0.3, 0.4) is 0 Å². The van der Waals surface area contributed by atoms with Gasteiger partial charge in [0.25, 0.3) is 0 Å². The monoisotopic (exact) mass is 351 g/mol. The highest BCUT2D eigenvalue weighted by atomic mass is 16.5. The van der Waals surface area contributed by atoms with Crippen LogP contribution in [0.1, 0.15) is 35.2 Å². The minimum atomic E-state index is -0.312. The maximum Gasteiger partial charge on any atom is 0.225 e. The van der Waals surface area contributed by atoms with Gasteiger partial charge in [-0.2, -0.15) is 0 Å². The number of aryl methyl sites for hydroxylation is 2. The number of aromatic nitrogens is 2. The summed E-state index contributed by atoms with van der Waals surface area (Å²) in [5.74, 6) is 1.06. The van der Waals surface area contributed by atoms with Crippen molar-refractivity contribution in [3.05, 3.63) is 71.4 Å². The Bertz CT molecular complexity index is 890. The fourth-order valence-electron chi connectivity index (χ4n) is 2.79. The van der Waals surface area contributed by atoms with E-state index in [2.05, 4.69) is 15.5 Å². The Labute approximate surface area is 152 Å². The van der Waals surface area contributed by atoms with E-state index in [0.717, 1.165) is 11.1 Å². The van der Waals surface area contributed by atoms with Gasteiger partial charge in [-0.1, -0.05) is 36.4 Å². The van der Waals surface area contributed by atoms with Gasteiger partial charge in [-0.25, -0.2) is 0 Å². The number of carbonyl (C=O) groups is 1. The molecule has 1 amide bonds. The van der Waals surface area contributed by atoms with Crippen molar-refractivity contribution in [2.75, 3.05) is 12.4 Å². The molecule has 26 heavy (non-hydrogen) atoms. The highest BCUT2D eigenvalue weighted by Crippen LogP contribution is 2.29. The molecule has 1 aromatic heterocycles. The molecule has 1 unspecified atom stereocenters. The zero-order valence-corrected chi connectivity index (χ0v) is 15.0. The van der Waals surface area contributed by atoms with Gasteiger partial charge in [0.05, 0.1) is 18.7 Å². The highest BCUT2D eigenvalue weighted by Gasteiger charge is 2.24. The van der Waals surface area contributed by atoms with E-state index in [9.17, 15) is 4.79 Å². The number of amides is 1. The van der Waals surface area contributed by atoms with Gasteiger partial charge in [0.2, 0.25) is 17.7 Å². The molecule has 1 N–H and O–H groups in total. The van der Waals surface area contributed by atoms with Crippen LogP contribution < -0.4 is 10.1 Å². The van der Waals surface area contributed by atoms with Crippen LogP contribution in [-0.2, 0) is 4.79 Å². The number of hydrogen-bond donors (Lipinski definition) is 1. The molecule has 1 heterocycles. The minimum Gasteiger partial charge on any atom is -0.495 e. The maximum atomic E-state index is 12.7. The van der Waals surface area contributed by atoms with Crippen molar-refractivity contribution in [2.24, 2.45) is 0 Å². The van der Waals surface area contributed by atoms with E-state index in [1.54, 1.807) is 14.0 Å². The van der Waals surface area contributed by atoms with E-state index >= 15 is 0 Å². The van der Waals surface area contributed by atoms with Gasteiger partial charge >= 0.3 is 0 Å². The van der Waals surface area contributed by atoms with Crippen molar-refractivity contribution in [3.8, 4) is 5.75 Å². The van der Waals surface area contributed by atoms with Crippen LogP contribution in [0.2, 0.25) is 0 Å². The van der Waals surface area contributed by atoms with E-state index in [4.69, 9.17) is 9.15 Å². The topological polar surface area (TPSA) is 77.2 Å². The largest absolute Gasteiger partial charge is 0.495 e. The lowest BCUT2D eigenvalue weighted by molar-refractivity contribution is -0.116. The van der Waals surface area contributed by atoms with E-state index in [-0.39, 0.29) is 18.2 Å². The summed E-state index contributed by atoms with van der Waals surface area (Å²) in [5.41, 5.74) is 2.63. The highest BCUT2D eigenvalue weighted by molar-refractivity contribution is 5.93. The van der Waals surface area contributed by atoms with Crippen LogP contribution in [-0.4, -0.2) is 23.2 Å². The Balaban J connectivity index is 1.83.